The normalized spacial score (nSPS) is 11.2. The Bertz CT molecular complexity index is 932. The van der Waals surface area contributed by atoms with E-state index in [4.69, 9.17) is 11.6 Å². The minimum absolute atomic E-state index is 0.0449. The highest BCUT2D eigenvalue weighted by Crippen LogP contribution is 2.29. The van der Waals surface area contributed by atoms with Crippen LogP contribution >= 0.6 is 23.4 Å². The molecule has 1 amide bonds. The molecular weight excluding hydrogens is 375 g/mol. The number of fused-ring (bicyclic) bond motifs is 1. The summed E-state index contributed by atoms with van der Waals surface area (Å²) in [6.45, 7) is -2.77. The Morgan fingerprint density at radius 2 is 2.04 bits per heavy atom. The molecule has 4 nitrogen and oxygen atoms in total. The summed E-state index contributed by atoms with van der Waals surface area (Å²) < 4.78 is 40.5. The average Bonchev–Trinajstić information content (AvgIpc) is 2.95. The first-order valence-electron chi connectivity index (χ1n) is 7.08. The summed E-state index contributed by atoms with van der Waals surface area (Å²) in [7, 11) is 0. The van der Waals surface area contributed by atoms with Gasteiger partial charge in [0.1, 0.15) is 5.82 Å². The molecular formula is C16H11ClF3N3OS. The number of nitrogens with zero attached hydrogens (tertiary/aromatic N) is 2. The number of hydrogen-bond donors (Lipinski definition) is 1. The van der Waals surface area contributed by atoms with Crippen molar-refractivity contribution in [1.82, 2.24) is 9.55 Å². The zero-order valence-electron chi connectivity index (χ0n) is 12.5. The first kappa shape index (κ1) is 17.6. The molecule has 25 heavy (non-hydrogen) atoms. The number of benzene rings is 2. The molecule has 1 N–H and O–H groups in total. The predicted octanol–water partition coefficient (Wildman–Crippen LogP) is 4.95. The maximum atomic E-state index is 13.3. The summed E-state index contributed by atoms with van der Waals surface area (Å²) in [4.78, 5) is 16.1. The van der Waals surface area contributed by atoms with Gasteiger partial charge in [-0.25, -0.2) is 9.37 Å². The molecule has 0 unspecified atom stereocenters. The Balaban J connectivity index is 1.72. The number of alkyl halides is 2. The molecule has 3 rings (SSSR count). The third-order valence-corrected chi connectivity index (χ3v) is 4.54. The molecule has 0 atom stereocenters. The second kappa shape index (κ2) is 7.37. The number of nitrogens with one attached hydrogen (secondary N) is 1. The lowest BCUT2D eigenvalue weighted by molar-refractivity contribution is -0.113. The van der Waals surface area contributed by atoms with Gasteiger partial charge in [0.05, 0.1) is 21.8 Å². The molecule has 0 spiro atoms. The molecule has 0 aliphatic heterocycles. The molecule has 1 aromatic heterocycles. The van der Waals surface area contributed by atoms with Gasteiger partial charge in [-0.05, 0) is 30.3 Å². The maximum absolute atomic E-state index is 13.3. The van der Waals surface area contributed by atoms with Gasteiger partial charge in [-0.15, -0.1) is 0 Å². The number of hydrogen-bond acceptors (Lipinski definition) is 3. The van der Waals surface area contributed by atoms with Gasteiger partial charge >= 0.3 is 6.55 Å². The summed E-state index contributed by atoms with van der Waals surface area (Å²) in [5.74, 6) is -1.18. The lowest BCUT2D eigenvalue weighted by atomic mass is 10.3. The second-order valence-electron chi connectivity index (χ2n) is 5.00. The largest absolute Gasteiger partial charge is 0.325 e. The maximum Gasteiger partial charge on any atom is 0.321 e. The Morgan fingerprint density at radius 1 is 1.28 bits per heavy atom. The highest BCUT2D eigenvalue weighted by Gasteiger charge is 2.18. The van der Waals surface area contributed by atoms with Crippen molar-refractivity contribution in [2.75, 3.05) is 11.1 Å². The smallest absolute Gasteiger partial charge is 0.321 e. The van der Waals surface area contributed by atoms with Crippen molar-refractivity contribution in [3.63, 3.8) is 0 Å². The number of anilines is 1. The van der Waals surface area contributed by atoms with E-state index in [2.05, 4.69) is 10.3 Å². The molecule has 1 heterocycles. The third kappa shape index (κ3) is 3.91. The van der Waals surface area contributed by atoms with E-state index in [0.717, 1.165) is 22.4 Å². The van der Waals surface area contributed by atoms with Crippen molar-refractivity contribution in [1.29, 1.82) is 0 Å². The fraction of sp³-hybridized carbons (Fsp3) is 0.125. The molecule has 0 radical (unpaired) electrons. The zero-order chi connectivity index (χ0) is 18.0. The summed E-state index contributed by atoms with van der Waals surface area (Å²) in [6, 6.07) is 10.3. The van der Waals surface area contributed by atoms with Gasteiger partial charge in [0.2, 0.25) is 5.91 Å². The monoisotopic (exact) mass is 385 g/mol. The number of thioether (sulfide) groups is 1. The average molecular weight is 386 g/mol. The van der Waals surface area contributed by atoms with Crippen LogP contribution in [0, 0.1) is 5.82 Å². The number of imidazole rings is 1. The predicted molar refractivity (Wildman–Crippen MR) is 91.7 cm³/mol. The van der Waals surface area contributed by atoms with Gasteiger partial charge in [0.15, 0.2) is 5.16 Å². The minimum atomic E-state index is -2.77. The van der Waals surface area contributed by atoms with Gasteiger partial charge in [-0.2, -0.15) is 8.78 Å². The standard InChI is InChI=1S/C16H11ClF3N3OS/c17-10-7-9(5-6-11(10)18)21-14(24)8-25-16-22-12-3-1-2-4-13(12)23(16)15(19)20/h1-7,15H,8H2,(H,21,24). The van der Waals surface area contributed by atoms with Gasteiger partial charge in [0.25, 0.3) is 0 Å². The highest BCUT2D eigenvalue weighted by atomic mass is 35.5. The number of amides is 1. The molecule has 0 saturated carbocycles. The summed E-state index contributed by atoms with van der Waals surface area (Å²) in [5, 5.41) is 2.45. The van der Waals surface area contributed by atoms with Crippen molar-refractivity contribution in [2.45, 2.75) is 11.7 Å². The van der Waals surface area contributed by atoms with Gasteiger partial charge in [0, 0.05) is 5.69 Å². The van der Waals surface area contributed by atoms with Crippen molar-refractivity contribution >= 4 is 46.0 Å². The van der Waals surface area contributed by atoms with E-state index >= 15 is 0 Å². The van der Waals surface area contributed by atoms with Crippen LogP contribution in [0.4, 0.5) is 18.9 Å². The number of carbonyl (C=O) groups is 1. The summed E-state index contributed by atoms with van der Waals surface area (Å²) >= 11 is 6.53. The minimum Gasteiger partial charge on any atom is -0.325 e. The quantitative estimate of drug-likeness (QED) is 0.632. The van der Waals surface area contributed by atoms with Crippen LogP contribution in [-0.2, 0) is 4.79 Å². The third-order valence-electron chi connectivity index (χ3n) is 3.29. The molecule has 0 saturated heterocycles. The molecule has 0 aliphatic rings. The lowest BCUT2D eigenvalue weighted by Gasteiger charge is -2.08. The lowest BCUT2D eigenvalue weighted by Crippen LogP contribution is -2.14. The number of para-hydroxylation sites is 2. The number of carbonyl (C=O) groups excluding carboxylic acids is 1. The van der Waals surface area contributed by atoms with Crippen molar-refractivity contribution in [3.8, 4) is 0 Å². The Hall–Kier alpha value is -2.19. The Labute approximate surface area is 150 Å². The number of rotatable bonds is 5. The van der Waals surface area contributed by atoms with Crippen LogP contribution < -0.4 is 5.32 Å². The van der Waals surface area contributed by atoms with Crippen LogP contribution in [0.15, 0.2) is 47.6 Å². The van der Waals surface area contributed by atoms with Crippen molar-refractivity contribution in [3.05, 3.63) is 53.3 Å². The summed E-state index contributed by atoms with van der Waals surface area (Å²) in [5.41, 5.74) is 1.04. The van der Waals surface area contributed by atoms with E-state index in [0.29, 0.717) is 16.7 Å². The molecule has 3 aromatic rings. The van der Waals surface area contributed by atoms with Crippen LogP contribution in [0.1, 0.15) is 6.55 Å². The summed E-state index contributed by atoms with van der Waals surface area (Å²) in [6.07, 6.45) is 0. The van der Waals surface area contributed by atoms with E-state index in [1.165, 1.54) is 12.1 Å². The van der Waals surface area contributed by atoms with Crippen molar-refractivity contribution < 1.29 is 18.0 Å². The van der Waals surface area contributed by atoms with Gasteiger partial charge in [-0.3, -0.25) is 9.36 Å². The second-order valence-corrected chi connectivity index (χ2v) is 6.35. The molecule has 0 bridgehead atoms. The fourth-order valence-electron chi connectivity index (χ4n) is 2.21. The van der Waals surface area contributed by atoms with Crippen LogP contribution in [0.3, 0.4) is 0 Å². The first-order valence-corrected chi connectivity index (χ1v) is 8.45. The van der Waals surface area contributed by atoms with Crippen LogP contribution in [0.25, 0.3) is 11.0 Å². The molecule has 0 aliphatic carbocycles. The molecule has 2 aromatic carbocycles. The van der Waals surface area contributed by atoms with E-state index in [-0.39, 0.29) is 15.9 Å². The van der Waals surface area contributed by atoms with Crippen molar-refractivity contribution in [2.24, 2.45) is 0 Å². The van der Waals surface area contributed by atoms with E-state index in [1.54, 1.807) is 24.3 Å². The van der Waals surface area contributed by atoms with Crippen LogP contribution in [0.5, 0.6) is 0 Å². The molecule has 0 fully saturated rings. The van der Waals surface area contributed by atoms with Crippen LogP contribution in [0.2, 0.25) is 5.02 Å². The topological polar surface area (TPSA) is 46.9 Å². The first-order chi connectivity index (χ1) is 12.0. The number of halogens is 4. The Kier molecular flexibility index (Phi) is 5.19. The molecule has 9 heteroatoms. The van der Waals surface area contributed by atoms with Gasteiger partial charge < -0.3 is 5.32 Å². The SMILES string of the molecule is O=C(CSc1nc2ccccc2n1C(F)F)Nc1ccc(F)c(Cl)c1. The zero-order valence-corrected chi connectivity index (χ0v) is 14.1. The van der Waals surface area contributed by atoms with Gasteiger partial charge in [-0.1, -0.05) is 35.5 Å². The van der Waals surface area contributed by atoms with E-state index in [9.17, 15) is 18.0 Å². The fourth-order valence-corrected chi connectivity index (χ4v) is 3.21. The van der Waals surface area contributed by atoms with E-state index < -0.39 is 18.3 Å². The van der Waals surface area contributed by atoms with Crippen LogP contribution in [-0.4, -0.2) is 21.2 Å². The Morgan fingerprint density at radius 3 is 2.76 bits per heavy atom. The number of aromatic nitrogens is 2. The highest BCUT2D eigenvalue weighted by molar-refractivity contribution is 7.99. The van der Waals surface area contributed by atoms with E-state index in [1.807, 2.05) is 0 Å². The molecule has 130 valence electrons.